The maximum atomic E-state index is 9.41. The van der Waals surface area contributed by atoms with Crippen LogP contribution in [0.3, 0.4) is 0 Å². The Morgan fingerprint density at radius 1 is 0.600 bits per heavy atom. The summed E-state index contributed by atoms with van der Waals surface area (Å²) in [6, 6.07) is 14.1. The normalized spacial score (nSPS) is 11.0. The van der Waals surface area contributed by atoms with Gasteiger partial charge in [0.2, 0.25) is 0 Å². The van der Waals surface area contributed by atoms with E-state index in [1.54, 1.807) is 24.3 Å². The van der Waals surface area contributed by atoms with Crippen LogP contribution in [0, 0.1) is 0 Å². The molecule has 0 atom stereocenters. The highest BCUT2D eigenvalue weighted by molar-refractivity contribution is 6.63. The molecule has 6 heteroatoms. The van der Waals surface area contributed by atoms with E-state index in [-0.39, 0.29) is 0 Å². The van der Waals surface area contributed by atoms with Gasteiger partial charge in [-0.25, -0.2) is 0 Å². The zero-order chi connectivity index (χ0) is 14.3. The molecule has 0 saturated carbocycles. The molecule has 0 aliphatic heterocycles. The number of fused-ring (bicyclic) bond motifs is 2. The van der Waals surface area contributed by atoms with Crippen LogP contribution >= 0.6 is 0 Å². The van der Waals surface area contributed by atoms with Crippen molar-refractivity contribution in [2.45, 2.75) is 0 Å². The second kappa shape index (κ2) is 4.92. The lowest BCUT2D eigenvalue weighted by molar-refractivity contribution is 0.425. The lowest BCUT2D eigenvalue weighted by atomic mass is 9.74. The third-order valence-corrected chi connectivity index (χ3v) is 3.50. The summed E-state index contributed by atoms with van der Waals surface area (Å²) in [7, 11) is -3.08. The summed E-state index contributed by atoms with van der Waals surface area (Å²) in [5.41, 5.74) is 0.860. The zero-order valence-electron chi connectivity index (χ0n) is 10.6. The summed E-state index contributed by atoms with van der Waals surface area (Å²) in [5.74, 6) is 0. The molecule has 3 aromatic carbocycles. The minimum absolute atomic E-state index is 0.430. The van der Waals surface area contributed by atoms with Crippen molar-refractivity contribution in [3.8, 4) is 0 Å². The molecule has 3 rings (SSSR count). The molecule has 0 bridgehead atoms. The molecule has 0 saturated heterocycles. The monoisotopic (exact) mass is 266 g/mol. The molecular formula is C14H12B2O4. The van der Waals surface area contributed by atoms with Gasteiger partial charge in [0, 0.05) is 0 Å². The van der Waals surface area contributed by atoms with Gasteiger partial charge in [-0.05, 0) is 44.6 Å². The van der Waals surface area contributed by atoms with Gasteiger partial charge in [0.15, 0.2) is 0 Å². The molecule has 0 radical (unpaired) electrons. The number of hydrogen-bond acceptors (Lipinski definition) is 4. The molecule has 0 fully saturated rings. The summed E-state index contributed by atoms with van der Waals surface area (Å²) >= 11 is 0. The average Bonchev–Trinajstić information content (AvgIpc) is 2.43. The molecular weight excluding hydrogens is 254 g/mol. The Hall–Kier alpha value is -1.85. The zero-order valence-corrected chi connectivity index (χ0v) is 10.6. The van der Waals surface area contributed by atoms with E-state index in [0.29, 0.717) is 10.9 Å². The molecule has 4 N–H and O–H groups in total. The predicted octanol–water partition coefficient (Wildman–Crippen LogP) is -0.647. The smallest absolute Gasteiger partial charge is 0.423 e. The topological polar surface area (TPSA) is 80.9 Å². The lowest BCUT2D eigenvalue weighted by Gasteiger charge is -2.10. The second-order valence-corrected chi connectivity index (χ2v) is 4.74. The van der Waals surface area contributed by atoms with Gasteiger partial charge < -0.3 is 20.1 Å². The second-order valence-electron chi connectivity index (χ2n) is 4.74. The van der Waals surface area contributed by atoms with Crippen molar-refractivity contribution in [3.63, 3.8) is 0 Å². The fourth-order valence-electron chi connectivity index (χ4n) is 2.55. The molecule has 3 aromatic rings. The van der Waals surface area contributed by atoms with Crippen LogP contribution in [0.1, 0.15) is 0 Å². The van der Waals surface area contributed by atoms with Crippen LogP contribution in [-0.2, 0) is 0 Å². The standard InChI is InChI=1S/C14H12B2O4/c17-15(18)13-5-1-3-9-7-12-10(8-11(9)13)4-2-6-14(12)16(19)20/h1-8,17-20H. The SMILES string of the molecule is OB(O)c1cccc2cc3c(B(O)O)cccc3cc12. The molecule has 98 valence electrons. The highest BCUT2D eigenvalue weighted by atomic mass is 16.4. The summed E-state index contributed by atoms with van der Waals surface area (Å²) in [6.45, 7) is 0. The van der Waals surface area contributed by atoms with E-state index in [9.17, 15) is 20.1 Å². The minimum Gasteiger partial charge on any atom is -0.423 e. The fourth-order valence-corrected chi connectivity index (χ4v) is 2.55. The maximum absolute atomic E-state index is 9.41. The summed E-state index contributed by atoms with van der Waals surface area (Å²) < 4.78 is 0. The van der Waals surface area contributed by atoms with Crippen LogP contribution in [0.5, 0.6) is 0 Å². The molecule has 0 aliphatic carbocycles. The van der Waals surface area contributed by atoms with Gasteiger partial charge >= 0.3 is 14.2 Å². The lowest BCUT2D eigenvalue weighted by Crippen LogP contribution is -2.31. The van der Waals surface area contributed by atoms with Gasteiger partial charge in [-0.15, -0.1) is 0 Å². The molecule has 20 heavy (non-hydrogen) atoms. The van der Waals surface area contributed by atoms with Crippen LogP contribution in [0.15, 0.2) is 48.5 Å². The number of benzene rings is 3. The molecule has 4 nitrogen and oxygen atoms in total. The first-order valence-electron chi connectivity index (χ1n) is 6.25. The minimum atomic E-state index is -1.54. The van der Waals surface area contributed by atoms with Crippen molar-refractivity contribution >= 4 is 46.7 Å². The Balaban J connectivity index is 2.40. The highest BCUT2D eigenvalue weighted by Crippen LogP contribution is 2.21. The summed E-state index contributed by atoms with van der Waals surface area (Å²) in [5, 5.41) is 40.8. The van der Waals surface area contributed by atoms with E-state index in [1.165, 1.54) is 0 Å². The Labute approximate surface area is 116 Å². The maximum Gasteiger partial charge on any atom is 0.489 e. The van der Waals surface area contributed by atoms with Crippen molar-refractivity contribution in [1.29, 1.82) is 0 Å². The Morgan fingerprint density at radius 3 is 1.35 bits per heavy atom. The first-order valence-corrected chi connectivity index (χ1v) is 6.25. The van der Waals surface area contributed by atoms with E-state index in [0.717, 1.165) is 21.5 Å². The number of hydrogen-bond donors (Lipinski definition) is 4. The van der Waals surface area contributed by atoms with Crippen molar-refractivity contribution < 1.29 is 20.1 Å². The molecule has 0 spiro atoms. The summed E-state index contributed by atoms with van der Waals surface area (Å²) in [6.07, 6.45) is 0. The van der Waals surface area contributed by atoms with Gasteiger partial charge in [0.05, 0.1) is 0 Å². The molecule has 0 aromatic heterocycles. The molecule has 0 amide bonds. The van der Waals surface area contributed by atoms with Crippen molar-refractivity contribution in [3.05, 3.63) is 48.5 Å². The fraction of sp³-hybridized carbons (Fsp3) is 0. The molecule has 0 aliphatic rings. The Morgan fingerprint density at radius 2 is 1.00 bits per heavy atom. The number of rotatable bonds is 2. The van der Waals surface area contributed by atoms with Crippen LogP contribution in [0.4, 0.5) is 0 Å². The van der Waals surface area contributed by atoms with Crippen molar-refractivity contribution in [2.24, 2.45) is 0 Å². The third kappa shape index (κ3) is 2.09. The predicted molar refractivity (Wildman–Crippen MR) is 81.1 cm³/mol. The first-order chi connectivity index (χ1) is 9.58. The van der Waals surface area contributed by atoms with Crippen molar-refractivity contribution in [1.82, 2.24) is 0 Å². The first kappa shape index (κ1) is 13.1. The van der Waals surface area contributed by atoms with Gasteiger partial charge in [-0.3, -0.25) is 0 Å². The quantitative estimate of drug-likeness (QED) is 0.367. The van der Waals surface area contributed by atoms with Gasteiger partial charge in [-0.2, -0.15) is 0 Å². The van der Waals surface area contributed by atoms with E-state index in [2.05, 4.69) is 0 Å². The summed E-state index contributed by atoms with van der Waals surface area (Å²) in [4.78, 5) is 0. The van der Waals surface area contributed by atoms with Crippen LogP contribution in [0.2, 0.25) is 0 Å². The van der Waals surface area contributed by atoms with Crippen LogP contribution in [-0.4, -0.2) is 34.3 Å². The molecule has 0 heterocycles. The van der Waals surface area contributed by atoms with E-state index in [1.807, 2.05) is 24.3 Å². The van der Waals surface area contributed by atoms with E-state index >= 15 is 0 Å². The highest BCUT2D eigenvalue weighted by Gasteiger charge is 2.17. The third-order valence-electron chi connectivity index (χ3n) is 3.50. The van der Waals surface area contributed by atoms with Gasteiger partial charge in [0.1, 0.15) is 0 Å². The molecule has 0 unspecified atom stereocenters. The van der Waals surface area contributed by atoms with E-state index in [4.69, 9.17) is 0 Å². The van der Waals surface area contributed by atoms with Crippen LogP contribution < -0.4 is 10.9 Å². The Bertz CT molecular complexity index is 719. The average molecular weight is 266 g/mol. The van der Waals surface area contributed by atoms with E-state index < -0.39 is 14.2 Å². The largest absolute Gasteiger partial charge is 0.489 e. The van der Waals surface area contributed by atoms with Crippen molar-refractivity contribution in [2.75, 3.05) is 0 Å². The van der Waals surface area contributed by atoms with Crippen LogP contribution in [0.25, 0.3) is 21.5 Å². The van der Waals surface area contributed by atoms with Gasteiger partial charge in [-0.1, -0.05) is 36.4 Å². The Kier molecular flexibility index (Phi) is 3.23. The van der Waals surface area contributed by atoms with Gasteiger partial charge in [0.25, 0.3) is 0 Å².